The molecule has 1 aromatic heterocycles. The van der Waals surface area contributed by atoms with Gasteiger partial charge in [-0.2, -0.15) is 0 Å². The van der Waals surface area contributed by atoms with Gasteiger partial charge in [0.15, 0.2) is 17.1 Å². The van der Waals surface area contributed by atoms with Crippen LogP contribution in [0.5, 0.6) is 11.5 Å². The molecule has 0 radical (unpaired) electrons. The SMILES string of the molecule is COc1cccc2cc(C(=O)NCCOc3ccc(SC(=O)NO)cc3)oc12. The number of thioether (sulfide) groups is 1. The highest BCUT2D eigenvalue weighted by Gasteiger charge is 2.14. The fourth-order valence-corrected chi connectivity index (χ4v) is 3.00. The van der Waals surface area contributed by atoms with Crippen LogP contribution in [0.2, 0.25) is 0 Å². The molecule has 3 aromatic rings. The van der Waals surface area contributed by atoms with Crippen LogP contribution in [0.25, 0.3) is 11.0 Å². The third kappa shape index (κ3) is 4.76. The predicted octanol–water partition coefficient (Wildman–Crippen LogP) is 3.44. The van der Waals surface area contributed by atoms with Crippen molar-refractivity contribution in [3.63, 3.8) is 0 Å². The Balaban J connectivity index is 1.48. The largest absolute Gasteiger partial charge is 0.493 e. The standard InChI is InChI=1S/C19H18N2O6S/c1-25-15-4-2-3-12-11-16(27-17(12)15)18(22)20-9-10-26-13-5-7-14(8-6-13)28-19(23)21-24/h2-8,11,24H,9-10H2,1H3,(H,20,22)(H,21,23). The van der Waals surface area contributed by atoms with Crippen LogP contribution in [0.1, 0.15) is 10.6 Å². The van der Waals surface area contributed by atoms with Gasteiger partial charge in [-0.3, -0.25) is 14.8 Å². The summed E-state index contributed by atoms with van der Waals surface area (Å²) in [5, 5.41) is 11.4. The number of fused-ring (bicyclic) bond motifs is 1. The van der Waals surface area contributed by atoms with Crippen LogP contribution >= 0.6 is 11.8 Å². The number of furan rings is 1. The lowest BCUT2D eigenvalue weighted by Gasteiger charge is -2.07. The van der Waals surface area contributed by atoms with Crippen molar-refractivity contribution < 1.29 is 28.7 Å². The van der Waals surface area contributed by atoms with Crippen molar-refractivity contribution in [2.45, 2.75) is 4.90 Å². The zero-order chi connectivity index (χ0) is 19.9. The molecule has 9 heteroatoms. The summed E-state index contributed by atoms with van der Waals surface area (Å²) in [6.07, 6.45) is 0. The lowest BCUT2D eigenvalue weighted by molar-refractivity contribution is 0.0921. The minimum atomic E-state index is -0.570. The van der Waals surface area contributed by atoms with Crippen molar-refractivity contribution in [2.75, 3.05) is 20.3 Å². The predicted molar refractivity (Wildman–Crippen MR) is 103 cm³/mol. The average Bonchev–Trinajstić information content (AvgIpc) is 3.16. The second-order valence-corrected chi connectivity index (χ2v) is 6.61. The number of carbonyl (C=O) groups excluding carboxylic acids is 2. The maximum atomic E-state index is 12.2. The van der Waals surface area contributed by atoms with Gasteiger partial charge in [-0.15, -0.1) is 0 Å². The zero-order valence-electron chi connectivity index (χ0n) is 14.9. The highest BCUT2D eigenvalue weighted by atomic mass is 32.2. The van der Waals surface area contributed by atoms with E-state index in [0.29, 0.717) is 22.0 Å². The van der Waals surface area contributed by atoms with E-state index in [9.17, 15) is 9.59 Å². The van der Waals surface area contributed by atoms with Crippen molar-refractivity contribution >= 4 is 33.9 Å². The van der Waals surface area contributed by atoms with Crippen molar-refractivity contribution in [2.24, 2.45) is 0 Å². The minimum Gasteiger partial charge on any atom is -0.493 e. The Morgan fingerprint density at radius 1 is 1.18 bits per heavy atom. The Kier molecular flexibility index (Phi) is 6.41. The fourth-order valence-electron chi connectivity index (χ4n) is 2.46. The number of hydrogen-bond acceptors (Lipinski definition) is 7. The molecule has 0 saturated heterocycles. The van der Waals surface area contributed by atoms with Crippen molar-refractivity contribution in [3.8, 4) is 11.5 Å². The van der Waals surface area contributed by atoms with Gasteiger partial charge in [0.25, 0.3) is 5.91 Å². The number of amides is 2. The van der Waals surface area contributed by atoms with E-state index in [1.54, 1.807) is 49.0 Å². The van der Waals surface area contributed by atoms with Crippen molar-refractivity contribution in [3.05, 3.63) is 54.3 Å². The molecule has 146 valence electrons. The Morgan fingerprint density at radius 2 is 1.96 bits per heavy atom. The van der Waals surface area contributed by atoms with E-state index in [0.717, 1.165) is 17.1 Å². The van der Waals surface area contributed by atoms with Gasteiger partial charge < -0.3 is 19.2 Å². The highest BCUT2D eigenvalue weighted by molar-refractivity contribution is 8.13. The molecular formula is C19H18N2O6S. The molecule has 0 unspecified atom stereocenters. The number of carbonyl (C=O) groups is 2. The summed E-state index contributed by atoms with van der Waals surface area (Å²) >= 11 is 0.854. The van der Waals surface area contributed by atoms with Crippen LogP contribution in [0.4, 0.5) is 4.79 Å². The number of benzene rings is 2. The van der Waals surface area contributed by atoms with Crippen molar-refractivity contribution in [1.29, 1.82) is 0 Å². The number of nitrogens with one attached hydrogen (secondary N) is 2. The minimum absolute atomic E-state index is 0.197. The summed E-state index contributed by atoms with van der Waals surface area (Å²) in [6.45, 7) is 0.551. The number of methoxy groups -OCH3 is 1. The molecule has 3 N–H and O–H groups in total. The molecule has 0 bridgehead atoms. The third-order valence-electron chi connectivity index (χ3n) is 3.73. The molecule has 0 saturated carbocycles. The van der Waals surface area contributed by atoms with Gasteiger partial charge in [-0.05, 0) is 48.2 Å². The Bertz CT molecular complexity index is 970. The van der Waals surface area contributed by atoms with Crippen LogP contribution < -0.4 is 20.3 Å². The Morgan fingerprint density at radius 3 is 2.68 bits per heavy atom. The first kappa shape index (κ1) is 19.6. The molecule has 28 heavy (non-hydrogen) atoms. The van der Waals surface area contributed by atoms with E-state index in [2.05, 4.69) is 5.32 Å². The smallest absolute Gasteiger partial charge is 0.307 e. The lowest BCUT2D eigenvalue weighted by Crippen LogP contribution is -2.27. The Hall–Kier alpha value is -3.17. The average molecular weight is 402 g/mol. The van der Waals surface area contributed by atoms with Gasteiger partial charge in [0, 0.05) is 10.3 Å². The van der Waals surface area contributed by atoms with E-state index in [-0.39, 0.29) is 24.8 Å². The molecule has 8 nitrogen and oxygen atoms in total. The van der Waals surface area contributed by atoms with E-state index in [1.807, 2.05) is 12.1 Å². The fraction of sp³-hybridized carbons (Fsp3) is 0.158. The lowest BCUT2D eigenvalue weighted by atomic mass is 10.2. The van der Waals surface area contributed by atoms with Gasteiger partial charge in [0.2, 0.25) is 0 Å². The first-order valence-electron chi connectivity index (χ1n) is 8.30. The number of para-hydroxylation sites is 1. The van der Waals surface area contributed by atoms with Gasteiger partial charge in [-0.25, -0.2) is 5.48 Å². The van der Waals surface area contributed by atoms with Gasteiger partial charge in [-0.1, -0.05) is 12.1 Å². The molecule has 0 aliphatic rings. The molecule has 1 heterocycles. The van der Waals surface area contributed by atoms with Crippen LogP contribution in [0, 0.1) is 0 Å². The van der Waals surface area contributed by atoms with Crippen molar-refractivity contribution in [1.82, 2.24) is 10.8 Å². The number of hydroxylamine groups is 1. The second-order valence-electron chi connectivity index (χ2n) is 5.57. The molecule has 0 atom stereocenters. The van der Waals surface area contributed by atoms with Crippen LogP contribution in [0.3, 0.4) is 0 Å². The molecule has 0 fully saturated rings. The van der Waals surface area contributed by atoms with Gasteiger partial charge in [0.1, 0.15) is 12.4 Å². The first-order chi connectivity index (χ1) is 13.6. The summed E-state index contributed by atoms with van der Waals surface area (Å²) in [6, 6.07) is 13.9. The van der Waals surface area contributed by atoms with Gasteiger partial charge >= 0.3 is 5.24 Å². The number of ether oxygens (including phenoxy) is 2. The maximum Gasteiger partial charge on any atom is 0.307 e. The molecular weight excluding hydrogens is 384 g/mol. The summed E-state index contributed by atoms with van der Waals surface area (Å²) in [4.78, 5) is 24.0. The summed E-state index contributed by atoms with van der Waals surface area (Å²) < 4.78 is 16.4. The van der Waals surface area contributed by atoms with Crippen LogP contribution in [-0.2, 0) is 0 Å². The summed E-state index contributed by atoms with van der Waals surface area (Å²) in [7, 11) is 1.54. The maximum absolute atomic E-state index is 12.2. The first-order valence-corrected chi connectivity index (χ1v) is 9.12. The summed E-state index contributed by atoms with van der Waals surface area (Å²) in [5.74, 6) is 1.01. The number of hydrogen-bond donors (Lipinski definition) is 3. The highest BCUT2D eigenvalue weighted by Crippen LogP contribution is 2.28. The Labute approximate surface area is 164 Å². The molecule has 2 amide bonds. The topological polar surface area (TPSA) is 110 Å². The van der Waals surface area contributed by atoms with Gasteiger partial charge in [0.05, 0.1) is 13.7 Å². The third-order valence-corrected chi connectivity index (χ3v) is 4.52. The molecule has 0 aliphatic carbocycles. The van der Waals surface area contributed by atoms with Crippen LogP contribution in [-0.4, -0.2) is 36.6 Å². The summed E-state index contributed by atoms with van der Waals surface area (Å²) in [5.41, 5.74) is 2.07. The zero-order valence-corrected chi connectivity index (χ0v) is 15.7. The molecule has 0 spiro atoms. The molecule has 3 rings (SSSR count). The molecule has 0 aliphatic heterocycles. The van der Waals surface area contributed by atoms with E-state index in [4.69, 9.17) is 19.1 Å². The monoisotopic (exact) mass is 402 g/mol. The normalized spacial score (nSPS) is 10.5. The van der Waals surface area contributed by atoms with Crippen LogP contribution in [0.15, 0.2) is 57.8 Å². The van der Waals surface area contributed by atoms with E-state index >= 15 is 0 Å². The second kappa shape index (κ2) is 9.16. The van der Waals surface area contributed by atoms with E-state index in [1.165, 1.54) is 0 Å². The number of rotatable bonds is 7. The quantitative estimate of drug-likeness (QED) is 0.240. The van der Waals surface area contributed by atoms with E-state index < -0.39 is 5.24 Å². The molecule has 2 aromatic carbocycles.